The highest BCUT2D eigenvalue weighted by Crippen LogP contribution is 2.14. The Morgan fingerprint density at radius 3 is 0.924 bits per heavy atom. The van der Waals surface area contributed by atoms with E-state index in [9.17, 15) is 14.4 Å². The van der Waals surface area contributed by atoms with Crippen molar-refractivity contribution < 1.29 is 28.6 Å². The summed E-state index contributed by atoms with van der Waals surface area (Å²) in [6.45, 7) is 6.34. The number of carbonyl (C=O) groups is 3. The molecule has 1 atom stereocenters. The van der Waals surface area contributed by atoms with Crippen molar-refractivity contribution in [2.24, 2.45) is 0 Å². The van der Waals surface area contributed by atoms with Crippen LogP contribution >= 0.6 is 0 Å². The molecule has 0 aliphatic heterocycles. The Labute approximate surface area is 407 Å². The molecule has 0 amide bonds. The third-order valence-corrected chi connectivity index (χ3v) is 11.3. The Bertz CT molecular complexity index is 1330. The Morgan fingerprint density at radius 1 is 0.318 bits per heavy atom. The monoisotopic (exact) mass is 917 g/mol. The molecule has 0 heterocycles. The number of esters is 3. The van der Waals surface area contributed by atoms with E-state index in [0.29, 0.717) is 19.3 Å². The summed E-state index contributed by atoms with van der Waals surface area (Å²) < 4.78 is 16.7. The fourth-order valence-electron chi connectivity index (χ4n) is 7.31. The molecule has 6 nitrogen and oxygen atoms in total. The minimum absolute atomic E-state index is 0.0839. The van der Waals surface area contributed by atoms with Crippen LogP contribution in [0.15, 0.2) is 97.2 Å². The van der Waals surface area contributed by atoms with Crippen LogP contribution in [0.1, 0.15) is 245 Å². The molecule has 0 aromatic carbocycles. The lowest BCUT2D eigenvalue weighted by Gasteiger charge is -2.18. The smallest absolute Gasteiger partial charge is 0.306 e. The van der Waals surface area contributed by atoms with E-state index < -0.39 is 6.10 Å². The summed E-state index contributed by atoms with van der Waals surface area (Å²) in [7, 11) is 0. The minimum Gasteiger partial charge on any atom is -0.462 e. The summed E-state index contributed by atoms with van der Waals surface area (Å²) in [6, 6.07) is 0. The van der Waals surface area contributed by atoms with Crippen LogP contribution in [-0.2, 0) is 28.6 Å². The molecule has 0 fully saturated rings. The molecule has 0 aromatic heterocycles. The average Bonchev–Trinajstić information content (AvgIpc) is 3.31. The number of unbranched alkanes of at least 4 members (excludes halogenated alkanes) is 21. The highest BCUT2D eigenvalue weighted by atomic mass is 16.6. The first-order chi connectivity index (χ1) is 32.5. The molecular formula is C60H100O6. The van der Waals surface area contributed by atoms with E-state index in [2.05, 4.69) is 118 Å². The zero-order valence-electron chi connectivity index (χ0n) is 42.9. The first-order valence-corrected chi connectivity index (χ1v) is 27.2. The van der Waals surface area contributed by atoms with E-state index in [1.807, 2.05) is 0 Å². The first-order valence-electron chi connectivity index (χ1n) is 27.2. The molecule has 0 bridgehead atoms. The summed E-state index contributed by atoms with van der Waals surface area (Å²) in [5.74, 6) is -0.910. The van der Waals surface area contributed by atoms with Crippen molar-refractivity contribution in [3.05, 3.63) is 97.2 Å². The van der Waals surface area contributed by atoms with Crippen LogP contribution in [0, 0.1) is 0 Å². The number of hydrogen-bond acceptors (Lipinski definition) is 6. The number of hydrogen-bond donors (Lipinski definition) is 0. The zero-order chi connectivity index (χ0) is 47.9. The van der Waals surface area contributed by atoms with Crippen molar-refractivity contribution in [3.8, 4) is 0 Å². The maximum Gasteiger partial charge on any atom is 0.306 e. The second kappa shape index (κ2) is 53.9. The zero-order valence-corrected chi connectivity index (χ0v) is 42.9. The molecule has 0 aromatic rings. The highest BCUT2D eigenvalue weighted by Gasteiger charge is 2.19. The van der Waals surface area contributed by atoms with Crippen molar-refractivity contribution in [2.75, 3.05) is 13.2 Å². The first kappa shape index (κ1) is 62.3. The molecule has 0 aliphatic rings. The van der Waals surface area contributed by atoms with Gasteiger partial charge < -0.3 is 14.2 Å². The Balaban J connectivity index is 4.22. The summed E-state index contributed by atoms with van der Waals surface area (Å²) in [5, 5.41) is 0. The van der Waals surface area contributed by atoms with Gasteiger partial charge in [-0.15, -0.1) is 0 Å². The molecule has 0 spiro atoms. The summed E-state index contributed by atoms with van der Waals surface area (Å²) in [4.78, 5) is 37.8. The third kappa shape index (κ3) is 51.3. The van der Waals surface area contributed by atoms with Crippen LogP contribution in [-0.4, -0.2) is 37.2 Å². The molecule has 376 valence electrons. The van der Waals surface area contributed by atoms with Crippen LogP contribution in [0.2, 0.25) is 0 Å². The average molecular weight is 917 g/mol. The maximum atomic E-state index is 12.8. The van der Waals surface area contributed by atoms with E-state index in [-0.39, 0.29) is 31.1 Å². The van der Waals surface area contributed by atoms with Gasteiger partial charge in [-0.2, -0.15) is 0 Å². The maximum absolute atomic E-state index is 12.8. The minimum atomic E-state index is -0.783. The molecule has 1 unspecified atom stereocenters. The van der Waals surface area contributed by atoms with Crippen LogP contribution in [0.25, 0.3) is 0 Å². The molecule has 0 rings (SSSR count). The van der Waals surface area contributed by atoms with Gasteiger partial charge in [0.25, 0.3) is 0 Å². The largest absolute Gasteiger partial charge is 0.462 e. The third-order valence-electron chi connectivity index (χ3n) is 11.3. The van der Waals surface area contributed by atoms with Crippen LogP contribution < -0.4 is 0 Å². The van der Waals surface area contributed by atoms with E-state index in [1.165, 1.54) is 83.5 Å². The highest BCUT2D eigenvalue weighted by molar-refractivity contribution is 5.71. The fourth-order valence-corrected chi connectivity index (χ4v) is 7.31. The Hall–Kier alpha value is -3.67. The molecule has 0 aliphatic carbocycles. The van der Waals surface area contributed by atoms with Crippen LogP contribution in [0.5, 0.6) is 0 Å². The van der Waals surface area contributed by atoms with Gasteiger partial charge in [0, 0.05) is 19.3 Å². The fraction of sp³-hybridized carbons (Fsp3) is 0.683. The Morgan fingerprint density at radius 2 is 0.591 bits per heavy atom. The van der Waals surface area contributed by atoms with Crippen LogP contribution in [0.4, 0.5) is 0 Å². The van der Waals surface area contributed by atoms with Gasteiger partial charge >= 0.3 is 17.9 Å². The van der Waals surface area contributed by atoms with Gasteiger partial charge in [0.1, 0.15) is 13.2 Å². The van der Waals surface area contributed by atoms with E-state index in [4.69, 9.17) is 14.2 Å². The van der Waals surface area contributed by atoms with Crippen molar-refractivity contribution in [1.29, 1.82) is 0 Å². The lowest BCUT2D eigenvalue weighted by Crippen LogP contribution is -2.30. The lowest BCUT2D eigenvalue weighted by molar-refractivity contribution is -0.167. The quantitative estimate of drug-likeness (QED) is 0.0262. The second-order valence-corrected chi connectivity index (χ2v) is 17.7. The topological polar surface area (TPSA) is 78.9 Å². The summed E-state index contributed by atoms with van der Waals surface area (Å²) in [6.07, 6.45) is 71.3. The van der Waals surface area contributed by atoms with Crippen molar-refractivity contribution in [1.82, 2.24) is 0 Å². The van der Waals surface area contributed by atoms with Gasteiger partial charge in [0.05, 0.1) is 0 Å². The van der Waals surface area contributed by atoms with E-state index in [0.717, 1.165) is 122 Å². The normalized spacial score (nSPS) is 12.8. The van der Waals surface area contributed by atoms with Gasteiger partial charge in [0.2, 0.25) is 0 Å². The Kier molecular flexibility index (Phi) is 50.9. The molecule has 0 radical (unpaired) electrons. The van der Waals surface area contributed by atoms with Crippen molar-refractivity contribution in [2.45, 2.75) is 252 Å². The molecular weight excluding hydrogens is 817 g/mol. The van der Waals surface area contributed by atoms with E-state index in [1.54, 1.807) is 0 Å². The van der Waals surface area contributed by atoms with Crippen LogP contribution in [0.3, 0.4) is 0 Å². The van der Waals surface area contributed by atoms with E-state index >= 15 is 0 Å². The summed E-state index contributed by atoms with van der Waals surface area (Å²) in [5.41, 5.74) is 0. The molecule has 6 heteroatoms. The van der Waals surface area contributed by atoms with Gasteiger partial charge in [-0.3, -0.25) is 14.4 Å². The van der Waals surface area contributed by atoms with Crippen molar-refractivity contribution in [3.63, 3.8) is 0 Å². The van der Waals surface area contributed by atoms with Crippen molar-refractivity contribution >= 4 is 17.9 Å². The SMILES string of the molecule is CC/C=C\C/C=C\C/C=C\C/C=C\CCCCCCCCCCC(=O)OCC(COC(=O)CCCCCCCC)OC(=O)CCCCCCCCCC/C=C\C/C=C\C/C=C\C/C=C\CC. The van der Waals surface area contributed by atoms with Gasteiger partial charge in [-0.1, -0.05) is 227 Å². The summed E-state index contributed by atoms with van der Waals surface area (Å²) >= 11 is 0. The predicted molar refractivity (Wildman–Crippen MR) is 284 cm³/mol. The second-order valence-electron chi connectivity index (χ2n) is 17.7. The lowest BCUT2D eigenvalue weighted by atomic mass is 10.1. The number of ether oxygens (including phenoxy) is 3. The number of carbonyl (C=O) groups excluding carboxylic acids is 3. The molecule has 0 N–H and O–H groups in total. The predicted octanol–water partition coefficient (Wildman–Crippen LogP) is 18.1. The molecule has 0 saturated heterocycles. The van der Waals surface area contributed by atoms with Gasteiger partial charge in [-0.05, 0) is 96.3 Å². The molecule has 0 saturated carbocycles. The van der Waals surface area contributed by atoms with Gasteiger partial charge in [0.15, 0.2) is 6.10 Å². The number of rotatable bonds is 48. The standard InChI is InChI=1S/C60H100O6/c1-4-7-10-13-16-18-20-22-24-26-28-30-32-34-36-38-40-42-44-47-50-53-59(62)65-56-57(55-64-58(61)52-49-46-15-12-9-6-3)66-60(63)54-51-48-45-43-41-39-37-35-33-31-29-27-25-23-21-19-17-14-11-8-5-2/h7-8,10-11,16-19,22-25,28-31,57H,4-6,9,12-15,20-21,26-27,32-56H2,1-3H3/b10-7-,11-8-,18-16-,19-17-,24-22-,25-23-,30-28-,31-29-. The van der Waals surface area contributed by atoms with Gasteiger partial charge in [-0.25, -0.2) is 0 Å². The molecule has 66 heavy (non-hydrogen) atoms. The number of allylic oxidation sites excluding steroid dienone is 16.